The first-order chi connectivity index (χ1) is 16.6. The van der Waals surface area contributed by atoms with E-state index < -0.39 is 5.82 Å². The highest BCUT2D eigenvalue weighted by Gasteiger charge is 2.24. The van der Waals surface area contributed by atoms with Gasteiger partial charge >= 0.3 is 0 Å². The van der Waals surface area contributed by atoms with Crippen molar-refractivity contribution in [3.8, 4) is 5.75 Å². The number of piperazine rings is 1. The second kappa shape index (κ2) is 13.5. The van der Waals surface area contributed by atoms with Crippen LogP contribution in [0.3, 0.4) is 0 Å². The molecule has 7 nitrogen and oxygen atoms in total. The van der Waals surface area contributed by atoms with Crippen molar-refractivity contribution in [1.29, 1.82) is 0 Å². The third kappa shape index (κ3) is 9.78. The number of hydrogen-bond donors (Lipinski definition) is 1. The van der Waals surface area contributed by atoms with Crippen molar-refractivity contribution in [3.05, 3.63) is 77.4 Å². The van der Waals surface area contributed by atoms with Crippen LogP contribution < -0.4 is 10.1 Å². The van der Waals surface area contributed by atoms with Crippen LogP contribution in [0, 0.1) is 5.82 Å². The molecule has 0 spiro atoms. The third-order valence-corrected chi connectivity index (χ3v) is 4.90. The molecule has 0 aliphatic carbocycles. The zero-order valence-corrected chi connectivity index (χ0v) is 21.2. The van der Waals surface area contributed by atoms with Gasteiger partial charge in [0.2, 0.25) is 5.78 Å². The van der Waals surface area contributed by atoms with Gasteiger partial charge in [-0.1, -0.05) is 30.3 Å². The fourth-order valence-electron chi connectivity index (χ4n) is 3.26. The number of halogens is 1. The molecule has 3 rings (SSSR count). The predicted octanol–water partition coefficient (Wildman–Crippen LogP) is 3.85. The van der Waals surface area contributed by atoms with Crippen LogP contribution in [0.2, 0.25) is 0 Å². The maximum absolute atomic E-state index is 13.9. The van der Waals surface area contributed by atoms with Gasteiger partial charge < -0.3 is 24.6 Å². The van der Waals surface area contributed by atoms with Gasteiger partial charge in [-0.3, -0.25) is 9.59 Å². The van der Waals surface area contributed by atoms with Gasteiger partial charge in [-0.25, -0.2) is 4.39 Å². The summed E-state index contributed by atoms with van der Waals surface area (Å²) in [5.74, 6) is -0.341. The van der Waals surface area contributed by atoms with Gasteiger partial charge in [-0.05, 0) is 38.5 Å². The molecule has 0 unspecified atom stereocenters. The number of nitrogens with zero attached hydrogens (tertiary/aromatic N) is 2. The van der Waals surface area contributed by atoms with E-state index in [0.29, 0.717) is 17.7 Å². The minimum absolute atomic E-state index is 0.168. The molecule has 1 fully saturated rings. The molecule has 0 bridgehead atoms. The number of Topliss-reactive ketones (excluding diaryl/α,β-unsaturated/α-hetero) is 1. The molecule has 1 N–H and O–H groups in total. The molecule has 8 heteroatoms. The zero-order chi connectivity index (χ0) is 25.8. The van der Waals surface area contributed by atoms with E-state index in [1.165, 1.54) is 18.2 Å². The Morgan fingerprint density at radius 1 is 1.11 bits per heavy atom. The van der Waals surface area contributed by atoms with Crippen LogP contribution in [0.5, 0.6) is 5.75 Å². The number of ether oxygens (including phenoxy) is 2. The van der Waals surface area contributed by atoms with E-state index in [1.54, 1.807) is 0 Å². The molecule has 0 atom stereocenters. The molecule has 0 saturated carbocycles. The molecule has 1 saturated heterocycles. The van der Waals surface area contributed by atoms with Crippen LogP contribution in [0.4, 0.5) is 4.39 Å². The smallest absolute Gasteiger partial charge is 0.293 e. The monoisotopic (exact) mass is 485 g/mol. The van der Waals surface area contributed by atoms with E-state index in [4.69, 9.17) is 4.74 Å². The maximum Gasteiger partial charge on any atom is 0.293 e. The van der Waals surface area contributed by atoms with Crippen molar-refractivity contribution >= 4 is 12.3 Å². The number of hydrogen-bond acceptors (Lipinski definition) is 7. The fourth-order valence-corrected chi connectivity index (χ4v) is 3.26. The lowest BCUT2D eigenvalue weighted by Gasteiger charge is -2.31. The SMILES string of the molecule is CC(C)(C)OC=O.CN(C)C=C(C(=O)c1ccc(F)cc1OCc1ccccc1)N1CCNCC1. The van der Waals surface area contributed by atoms with E-state index in [9.17, 15) is 14.0 Å². The Morgan fingerprint density at radius 3 is 2.31 bits per heavy atom. The predicted molar refractivity (Wildman–Crippen MR) is 135 cm³/mol. The lowest BCUT2D eigenvalue weighted by Crippen LogP contribution is -2.44. The number of ketones is 1. The molecule has 2 aromatic carbocycles. The number of benzene rings is 2. The molecule has 2 aromatic rings. The minimum atomic E-state index is -0.431. The van der Waals surface area contributed by atoms with E-state index in [-0.39, 0.29) is 23.7 Å². The first-order valence-corrected chi connectivity index (χ1v) is 11.6. The highest BCUT2D eigenvalue weighted by Crippen LogP contribution is 2.25. The van der Waals surface area contributed by atoms with E-state index in [0.717, 1.165) is 31.7 Å². The quantitative estimate of drug-likeness (QED) is 0.346. The van der Waals surface area contributed by atoms with Crippen molar-refractivity contribution in [1.82, 2.24) is 15.1 Å². The van der Waals surface area contributed by atoms with Crippen molar-refractivity contribution in [2.45, 2.75) is 33.0 Å². The van der Waals surface area contributed by atoms with Crippen LogP contribution in [0.1, 0.15) is 36.7 Å². The summed E-state index contributed by atoms with van der Waals surface area (Å²) >= 11 is 0. The van der Waals surface area contributed by atoms with Crippen LogP contribution >= 0.6 is 0 Å². The van der Waals surface area contributed by atoms with Gasteiger partial charge in [-0.15, -0.1) is 0 Å². The summed E-state index contributed by atoms with van der Waals surface area (Å²) in [6, 6.07) is 13.7. The molecular formula is C27H36FN3O4. The number of nitrogens with one attached hydrogen (secondary N) is 1. The normalized spacial score (nSPS) is 13.9. The van der Waals surface area contributed by atoms with Crippen LogP contribution in [0.15, 0.2) is 60.4 Å². The molecule has 0 amide bonds. The summed E-state index contributed by atoms with van der Waals surface area (Å²) in [4.78, 5) is 26.9. The topological polar surface area (TPSA) is 71.1 Å². The largest absolute Gasteiger partial charge is 0.488 e. The first kappa shape index (κ1) is 27.9. The van der Waals surface area contributed by atoms with E-state index in [2.05, 4.69) is 15.0 Å². The van der Waals surface area contributed by atoms with Gasteiger partial charge in [0.25, 0.3) is 6.47 Å². The average molecular weight is 486 g/mol. The fraction of sp³-hybridized carbons (Fsp3) is 0.407. The Labute approximate surface area is 207 Å². The Balaban J connectivity index is 0.000000540. The number of allylic oxidation sites excluding steroid dienone is 1. The van der Waals surface area contributed by atoms with E-state index >= 15 is 0 Å². The van der Waals surface area contributed by atoms with E-state index in [1.807, 2.05) is 76.3 Å². The Hall–Kier alpha value is -3.39. The van der Waals surface area contributed by atoms with Gasteiger partial charge in [-0.2, -0.15) is 0 Å². The maximum atomic E-state index is 13.9. The standard InChI is InChI=1S/C22H26FN3O2.C5H10O2/c1-25(2)15-20(26-12-10-24-11-13-26)22(27)19-9-8-18(23)14-21(19)28-16-17-6-4-3-5-7-17;1-5(2,3)7-4-6/h3-9,14-15,24H,10-13,16H2,1-2H3;4H,1-3H3. The molecule has 0 radical (unpaired) electrons. The Bertz CT molecular complexity index is 982. The summed E-state index contributed by atoms with van der Waals surface area (Å²) < 4.78 is 24.3. The van der Waals surface area contributed by atoms with Crippen LogP contribution in [-0.2, 0) is 16.1 Å². The Morgan fingerprint density at radius 2 is 1.77 bits per heavy atom. The third-order valence-electron chi connectivity index (χ3n) is 4.90. The Kier molecular flexibility index (Phi) is 10.7. The molecule has 190 valence electrons. The minimum Gasteiger partial charge on any atom is -0.488 e. The van der Waals surface area contributed by atoms with Crippen molar-refractivity contribution < 1.29 is 23.5 Å². The lowest BCUT2D eigenvalue weighted by molar-refractivity contribution is -0.138. The second-order valence-corrected chi connectivity index (χ2v) is 9.29. The number of carbonyl (C=O) groups is 2. The molecular weight excluding hydrogens is 449 g/mol. The summed E-state index contributed by atoms with van der Waals surface area (Å²) in [6.07, 6.45) is 1.82. The summed E-state index contributed by atoms with van der Waals surface area (Å²) in [7, 11) is 3.76. The van der Waals surface area contributed by atoms with Gasteiger partial charge in [0.1, 0.15) is 29.5 Å². The second-order valence-electron chi connectivity index (χ2n) is 9.29. The molecule has 35 heavy (non-hydrogen) atoms. The molecule has 0 aromatic heterocycles. The first-order valence-electron chi connectivity index (χ1n) is 11.6. The highest BCUT2D eigenvalue weighted by molar-refractivity contribution is 6.10. The number of rotatable bonds is 8. The van der Waals surface area contributed by atoms with Gasteiger partial charge in [0.05, 0.1) is 5.56 Å². The highest BCUT2D eigenvalue weighted by atomic mass is 19.1. The van der Waals surface area contributed by atoms with Gasteiger partial charge in [0, 0.05) is 52.5 Å². The zero-order valence-electron chi connectivity index (χ0n) is 21.2. The van der Waals surface area contributed by atoms with Gasteiger partial charge in [0.15, 0.2) is 0 Å². The summed E-state index contributed by atoms with van der Waals surface area (Å²) in [5.41, 5.74) is 1.59. The van der Waals surface area contributed by atoms with Crippen molar-refractivity contribution in [3.63, 3.8) is 0 Å². The molecule has 1 aliphatic rings. The van der Waals surface area contributed by atoms with Crippen LogP contribution in [0.25, 0.3) is 0 Å². The molecule has 1 aliphatic heterocycles. The average Bonchev–Trinajstić information content (AvgIpc) is 2.82. The van der Waals surface area contributed by atoms with Crippen LogP contribution in [-0.4, -0.2) is 67.9 Å². The number of carbonyl (C=O) groups excluding carboxylic acids is 2. The molecule has 1 heterocycles. The van der Waals surface area contributed by atoms with Crippen molar-refractivity contribution in [2.24, 2.45) is 0 Å². The van der Waals surface area contributed by atoms with Crippen molar-refractivity contribution in [2.75, 3.05) is 40.3 Å². The lowest BCUT2D eigenvalue weighted by atomic mass is 10.1. The summed E-state index contributed by atoms with van der Waals surface area (Å²) in [5, 5.41) is 3.29. The summed E-state index contributed by atoms with van der Waals surface area (Å²) in [6.45, 7) is 9.31.